The van der Waals surface area contributed by atoms with Crippen LogP contribution in [0, 0.1) is 6.92 Å². The number of ether oxygens (including phenoxy) is 1. The number of hydrogen-bond donors (Lipinski definition) is 1. The standard InChI is InChI=1S/C19H19N3O2S3/c1-13-3-7-15(8-4-13)20-17(23)12-26-19-22-21-18(27-19)25-11-14-5-9-16(24-2)10-6-14/h3-10H,11-12H2,1-2H3,(H,20,23). The molecule has 0 aliphatic rings. The summed E-state index contributed by atoms with van der Waals surface area (Å²) in [5, 5.41) is 11.2. The second kappa shape index (κ2) is 9.77. The van der Waals surface area contributed by atoms with Gasteiger partial charge in [-0.1, -0.05) is 64.7 Å². The molecule has 8 heteroatoms. The first kappa shape index (κ1) is 19.7. The van der Waals surface area contributed by atoms with Gasteiger partial charge in [-0.05, 0) is 36.8 Å². The summed E-state index contributed by atoms with van der Waals surface area (Å²) < 4.78 is 6.85. The molecule has 0 radical (unpaired) electrons. The van der Waals surface area contributed by atoms with E-state index in [2.05, 4.69) is 15.5 Å². The van der Waals surface area contributed by atoms with Gasteiger partial charge in [0.15, 0.2) is 8.68 Å². The van der Waals surface area contributed by atoms with Crippen molar-refractivity contribution in [3.8, 4) is 5.75 Å². The molecule has 0 saturated heterocycles. The molecular weight excluding hydrogens is 398 g/mol. The second-order valence-electron chi connectivity index (χ2n) is 5.67. The Morgan fingerprint density at radius 2 is 1.70 bits per heavy atom. The van der Waals surface area contributed by atoms with Crippen molar-refractivity contribution in [2.24, 2.45) is 0 Å². The largest absolute Gasteiger partial charge is 0.497 e. The Kier molecular flexibility index (Phi) is 7.14. The molecule has 0 unspecified atom stereocenters. The van der Waals surface area contributed by atoms with Crippen molar-refractivity contribution >= 4 is 46.5 Å². The number of rotatable bonds is 8. The average molecular weight is 418 g/mol. The first-order valence-corrected chi connectivity index (χ1v) is 11.0. The predicted molar refractivity (Wildman–Crippen MR) is 113 cm³/mol. The minimum atomic E-state index is -0.0495. The molecule has 1 aromatic heterocycles. The van der Waals surface area contributed by atoms with Gasteiger partial charge in [-0.15, -0.1) is 10.2 Å². The minimum Gasteiger partial charge on any atom is -0.497 e. The normalized spacial score (nSPS) is 10.6. The van der Waals surface area contributed by atoms with E-state index in [-0.39, 0.29) is 5.91 Å². The summed E-state index contributed by atoms with van der Waals surface area (Å²) in [6.45, 7) is 2.02. The Bertz CT molecular complexity index is 880. The fourth-order valence-electron chi connectivity index (χ4n) is 2.14. The highest BCUT2D eigenvalue weighted by Crippen LogP contribution is 2.31. The van der Waals surface area contributed by atoms with Crippen molar-refractivity contribution in [2.45, 2.75) is 21.4 Å². The van der Waals surface area contributed by atoms with Crippen LogP contribution in [0.5, 0.6) is 5.75 Å². The summed E-state index contributed by atoms with van der Waals surface area (Å²) in [5.74, 6) is 1.93. The van der Waals surface area contributed by atoms with Gasteiger partial charge < -0.3 is 10.1 Å². The number of carbonyl (C=O) groups is 1. The van der Waals surface area contributed by atoms with Crippen LogP contribution in [-0.2, 0) is 10.5 Å². The number of nitrogens with zero attached hydrogens (tertiary/aromatic N) is 2. The molecule has 3 rings (SSSR count). The van der Waals surface area contributed by atoms with Crippen molar-refractivity contribution in [3.05, 3.63) is 59.7 Å². The number of hydrogen-bond acceptors (Lipinski definition) is 7. The molecule has 0 spiro atoms. The first-order chi connectivity index (χ1) is 13.1. The molecule has 3 aromatic rings. The Labute approximate surface area is 170 Å². The highest BCUT2D eigenvalue weighted by molar-refractivity contribution is 8.03. The average Bonchev–Trinajstić information content (AvgIpc) is 3.15. The lowest BCUT2D eigenvalue weighted by Gasteiger charge is -2.04. The monoisotopic (exact) mass is 417 g/mol. The maximum absolute atomic E-state index is 12.0. The zero-order chi connectivity index (χ0) is 19.1. The van der Waals surface area contributed by atoms with Crippen LogP contribution in [0.15, 0.2) is 57.2 Å². The Balaban J connectivity index is 1.44. The number of aromatic nitrogens is 2. The van der Waals surface area contributed by atoms with Gasteiger partial charge in [-0.25, -0.2) is 0 Å². The summed E-state index contributed by atoms with van der Waals surface area (Å²) in [7, 11) is 1.66. The van der Waals surface area contributed by atoms with Crippen molar-refractivity contribution in [1.29, 1.82) is 0 Å². The van der Waals surface area contributed by atoms with Crippen LogP contribution in [0.1, 0.15) is 11.1 Å². The van der Waals surface area contributed by atoms with E-state index in [0.717, 1.165) is 31.4 Å². The molecule has 0 saturated carbocycles. The third kappa shape index (κ3) is 6.27. The molecule has 2 aromatic carbocycles. The lowest BCUT2D eigenvalue weighted by molar-refractivity contribution is -0.113. The molecule has 1 heterocycles. The van der Waals surface area contributed by atoms with E-state index in [1.54, 1.807) is 18.9 Å². The minimum absolute atomic E-state index is 0.0495. The highest BCUT2D eigenvalue weighted by atomic mass is 32.2. The van der Waals surface area contributed by atoms with Gasteiger partial charge in [0, 0.05) is 11.4 Å². The molecule has 0 atom stereocenters. The van der Waals surface area contributed by atoms with E-state index in [1.807, 2.05) is 55.5 Å². The number of benzene rings is 2. The summed E-state index contributed by atoms with van der Waals surface area (Å²) in [4.78, 5) is 12.0. The molecule has 140 valence electrons. The van der Waals surface area contributed by atoms with E-state index >= 15 is 0 Å². The van der Waals surface area contributed by atoms with Gasteiger partial charge in [0.05, 0.1) is 12.9 Å². The summed E-state index contributed by atoms with van der Waals surface area (Å²) in [6, 6.07) is 15.7. The zero-order valence-corrected chi connectivity index (χ0v) is 17.4. The van der Waals surface area contributed by atoms with Crippen molar-refractivity contribution in [3.63, 3.8) is 0 Å². The SMILES string of the molecule is COc1ccc(CSc2nnc(SCC(=O)Nc3ccc(C)cc3)s2)cc1. The quantitative estimate of drug-likeness (QED) is 0.527. The lowest BCUT2D eigenvalue weighted by atomic mass is 10.2. The first-order valence-electron chi connectivity index (χ1n) is 8.21. The van der Waals surface area contributed by atoms with Gasteiger partial charge in [0.1, 0.15) is 5.75 Å². The second-order valence-corrected chi connectivity index (χ2v) is 9.10. The highest BCUT2D eigenvalue weighted by Gasteiger charge is 2.09. The molecule has 5 nitrogen and oxygen atoms in total. The van der Waals surface area contributed by atoms with E-state index in [4.69, 9.17) is 4.74 Å². The Morgan fingerprint density at radius 1 is 1.04 bits per heavy atom. The molecular formula is C19H19N3O2S3. The number of aryl methyl sites for hydroxylation is 1. The van der Waals surface area contributed by atoms with Crippen molar-refractivity contribution in [1.82, 2.24) is 10.2 Å². The van der Waals surface area contributed by atoms with Crippen LogP contribution in [0.2, 0.25) is 0 Å². The van der Waals surface area contributed by atoms with Crippen LogP contribution in [-0.4, -0.2) is 29.0 Å². The van der Waals surface area contributed by atoms with Gasteiger partial charge in [0.25, 0.3) is 0 Å². The molecule has 0 bridgehead atoms. The van der Waals surface area contributed by atoms with E-state index in [1.165, 1.54) is 28.7 Å². The number of anilines is 1. The van der Waals surface area contributed by atoms with Crippen molar-refractivity contribution < 1.29 is 9.53 Å². The molecule has 0 fully saturated rings. The van der Waals surface area contributed by atoms with Crippen molar-refractivity contribution in [2.75, 3.05) is 18.2 Å². The summed E-state index contributed by atoms with van der Waals surface area (Å²) >= 11 is 4.55. The van der Waals surface area contributed by atoms with E-state index in [0.29, 0.717) is 5.75 Å². The fourth-order valence-corrected chi connectivity index (χ4v) is 4.92. The third-order valence-corrected chi connectivity index (χ3v) is 6.83. The predicted octanol–water partition coefficient (Wildman–Crippen LogP) is 4.88. The molecule has 27 heavy (non-hydrogen) atoms. The number of nitrogens with one attached hydrogen (secondary N) is 1. The maximum atomic E-state index is 12.0. The van der Waals surface area contributed by atoms with E-state index < -0.39 is 0 Å². The number of thioether (sulfide) groups is 2. The van der Waals surface area contributed by atoms with Gasteiger partial charge in [-0.2, -0.15) is 0 Å². The Morgan fingerprint density at radius 3 is 2.37 bits per heavy atom. The summed E-state index contributed by atoms with van der Waals surface area (Å²) in [5.41, 5.74) is 3.16. The van der Waals surface area contributed by atoms with Crippen LogP contribution in [0.3, 0.4) is 0 Å². The maximum Gasteiger partial charge on any atom is 0.234 e. The van der Waals surface area contributed by atoms with Crippen LogP contribution >= 0.6 is 34.9 Å². The van der Waals surface area contributed by atoms with Gasteiger partial charge in [0.2, 0.25) is 5.91 Å². The van der Waals surface area contributed by atoms with Gasteiger partial charge >= 0.3 is 0 Å². The number of methoxy groups -OCH3 is 1. The van der Waals surface area contributed by atoms with Crippen LogP contribution in [0.25, 0.3) is 0 Å². The number of carbonyl (C=O) groups excluding carboxylic acids is 1. The summed E-state index contributed by atoms with van der Waals surface area (Å²) in [6.07, 6.45) is 0. The topological polar surface area (TPSA) is 64.1 Å². The van der Waals surface area contributed by atoms with Crippen LogP contribution < -0.4 is 10.1 Å². The Hall–Kier alpha value is -2.03. The zero-order valence-electron chi connectivity index (χ0n) is 15.0. The fraction of sp³-hybridized carbons (Fsp3) is 0.211. The van der Waals surface area contributed by atoms with E-state index in [9.17, 15) is 4.79 Å². The van der Waals surface area contributed by atoms with Crippen LogP contribution in [0.4, 0.5) is 5.69 Å². The molecule has 1 amide bonds. The smallest absolute Gasteiger partial charge is 0.234 e. The molecule has 0 aliphatic heterocycles. The molecule has 1 N–H and O–H groups in total. The number of amides is 1. The molecule has 0 aliphatic carbocycles. The third-order valence-electron chi connectivity index (χ3n) is 3.57. The van der Waals surface area contributed by atoms with Gasteiger partial charge in [-0.3, -0.25) is 4.79 Å². The lowest BCUT2D eigenvalue weighted by Crippen LogP contribution is -2.13.